The van der Waals surface area contributed by atoms with Crippen molar-refractivity contribution in [3.05, 3.63) is 47.3 Å². The van der Waals surface area contributed by atoms with Crippen LogP contribution in [0.2, 0.25) is 0 Å². The van der Waals surface area contributed by atoms with Crippen molar-refractivity contribution in [1.29, 1.82) is 0 Å². The summed E-state index contributed by atoms with van der Waals surface area (Å²) in [5.74, 6) is 0.995. The van der Waals surface area contributed by atoms with Crippen LogP contribution in [0.4, 0.5) is 0 Å². The van der Waals surface area contributed by atoms with Crippen LogP contribution in [-0.2, 0) is 13.6 Å². The van der Waals surface area contributed by atoms with E-state index < -0.39 is 0 Å². The summed E-state index contributed by atoms with van der Waals surface area (Å²) >= 11 is 0. The molecule has 4 nitrogen and oxygen atoms in total. The van der Waals surface area contributed by atoms with Crippen LogP contribution < -0.4 is 10.1 Å². The van der Waals surface area contributed by atoms with E-state index in [4.69, 9.17) is 4.74 Å². The largest absolute Gasteiger partial charge is 0.487 e. The minimum atomic E-state index is -0.143. The van der Waals surface area contributed by atoms with E-state index in [0.717, 1.165) is 18.7 Å². The molecule has 0 radical (unpaired) electrons. The predicted molar refractivity (Wildman–Crippen MR) is 83.3 cm³/mol. The van der Waals surface area contributed by atoms with Gasteiger partial charge in [-0.25, -0.2) is 0 Å². The quantitative estimate of drug-likeness (QED) is 0.941. The standard InChI is InChI=1S/C17H23N3O/c1-12-13(11-19-20(12)4)10-18-15-9-17(2,3)21-16-8-6-5-7-14(15)16/h5-8,11,15,18H,9-10H2,1-4H3. The second-order valence-corrected chi connectivity index (χ2v) is 6.42. The number of aromatic nitrogens is 2. The molecule has 2 aromatic rings. The molecule has 112 valence electrons. The lowest BCUT2D eigenvalue weighted by Gasteiger charge is -2.38. The Morgan fingerprint density at radius 3 is 2.86 bits per heavy atom. The molecule has 1 unspecified atom stereocenters. The van der Waals surface area contributed by atoms with Crippen molar-refractivity contribution < 1.29 is 4.74 Å². The summed E-state index contributed by atoms with van der Waals surface area (Å²) in [5, 5.41) is 7.98. The molecule has 0 aliphatic carbocycles. The van der Waals surface area contributed by atoms with E-state index in [1.807, 2.05) is 24.0 Å². The Kier molecular flexibility index (Phi) is 3.49. The Morgan fingerprint density at radius 1 is 1.38 bits per heavy atom. The van der Waals surface area contributed by atoms with Crippen LogP contribution >= 0.6 is 0 Å². The fourth-order valence-corrected chi connectivity index (χ4v) is 2.94. The highest BCUT2D eigenvalue weighted by Gasteiger charge is 2.33. The van der Waals surface area contributed by atoms with Crippen LogP contribution in [0, 0.1) is 6.92 Å². The topological polar surface area (TPSA) is 39.1 Å². The van der Waals surface area contributed by atoms with Gasteiger partial charge in [-0.3, -0.25) is 4.68 Å². The highest BCUT2D eigenvalue weighted by Crippen LogP contribution is 2.39. The smallest absolute Gasteiger partial charge is 0.124 e. The number of hydrogen-bond acceptors (Lipinski definition) is 3. The summed E-state index contributed by atoms with van der Waals surface area (Å²) in [4.78, 5) is 0. The molecule has 0 fully saturated rings. The van der Waals surface area contributed by atoms with Gasteiger partial charge in [-0.05, 0) is 26.8 Å². The summed E-state index contributed by atoms with van der Waals surface area (Å²) in [7, 11) is 1.98. The zero-order chi connectivity index (χ0) is 15.0. The molecule has 0 saturated carbocycles. The first kappa shape index (κ1) is 14.1. The van der Waals surface area contributed by atoms with Crippen molar-refractivity contribution in [2.45, 2.75) is 45.4 Å². The van der Waals surface area contributed by atoms with E-state index in [1.54, 1.807) is 0 Å². The molecule has 1 aliphatic rings. The average molecular weight is 285 g/mol. The summed E-state index contributed by atoms with van der Waals surface area (Å²) in [6.45, 7) is 7.22. The second kappa shape index (κ2) is 5.19. The van der Waals surface area contributed by atoms with Gasteiger partial charge in [0, 0.05) is 42.9 Å². The molecule has 1 N–H and O–H groups in total. The third-order valence-corrected chi connectivity index (χ3v) is 4.25. The van der Waals surface area contributed by atoms with Gasteiger partial charge in [0.05, 0.1) is 6.20 Å². The molecule has 0 bridgehead atoms. The Morgan fingerprint density at radius 2 is 2.14 bits per heavy atom. The molecule has 1 aliphatic heterocycles. The van der Waals surface area contributed by atoms with E-state index in [0.29, 0.717) is 6.04 Å². The fourth-order valence-electron chi connectivity index (χ4n) is 2.94. The molecule has 3 rings (SSSR count). The SMILES string of the molecule is Cc1c(CNC2CC(C)(C)Oc3ccccc32)cnn1C. The molecular formula is C17H23N3O. The first-order valence-electron chi connectivity index (χ1n) is 7.45. The number of aryl methyl sites for hydroxylation is 1. The van der Waals surface area contributed by atoms with Gasteiger partial charge >= 0.3 is 0 Å². The normalized spacial score (nSPS) is 19.9. The van der Waals surface area contributed by atoms with Crippen molar-refractivity contribution in [2.75, 3.05) is 0 Å². The molecule has 0 saturated heterocycles. The minimum absolute atomic E-state index is 0.143. The number of benzene rings is 1. The molecular weight excluding hydrogens is 262 g/mol. The first-order valence-corrected chi connectivity index (χ1v) is 7.45. The average Bonchev–Trinajstić information content (AvgIpc) is 2.75. The molecule has 4 heteroatoms. The summed E-state index contributed by atoms with van der Waals surface area (Å²) in [6.07, 6.45) is 2.90. The van der Waals surface area contributed by atoms with Crippen molar-refractivity contribution in [3.8, 4) is 5.75 Å². The first-order chi connectivity index (χ1) is 9.96. The number of para-hydroxylation sites is 1. The number of nitrogens with zero attached hydrogens (tertiary/aromatic N) is 2. The van der Waals surface area contributed by atoms with E-state index in [9.17, 15) is 0 Å². The molecule has 1 aromatic heterocycles. The van der Waals surface area contributed by atoms with Crippen LogP contribution in [-0.4, -0.2) is 15.4 Å². The van der Waals surface area contributed by atoms with Gasteiger partial charge in [0.25, 0.3) is 0 Å². The van der Waals surface area contributed by atoms with Gasteiger partial charge < -0.3 is 10.1 Å². The predicted octanol–water partition coefficient (Wildman–Crippen LogP) is 3.12. The van der Waals surface area contributed by atoms with E-state index in [2.05, 4.69) is 49.4 Å². The minimum Gasteiger partial charge on any atom is -0.487 e. The van der Waals surface area contributed by atoms with Gasteiger partial charge in [0.15, 0.2) is 0 Å². The van der Waals surface area contributed by atoms with Crippen molar-refractivity contribution in [2.24, 2.45) is 7.05 Å². The number of rotatable bonds is 3. The maximum Gasteiger partial charge on any atom is 0.124 e. The Hall–Kier alpha value is -1.81. The zero-order valence-electron chi connectivity index (χ0n) is 13.2. The maximum atomic E-state index is 6.07. The van der Waals surface area contributed by atoms with Gasteiger partial charge in [-0.15, -0.1) is 0 Å². The lowest BCUT2D eigenvalue weighted by Crippen LogP contribution is -2.39. The summed E-state index contributed by atoms with van der Waals surface area (Å²) in [5.41, 5.74) is 3.57. The molecule has 1 aromatic carbocycles. The monoisotopic (exact) mass is 285 g/mol. The lowest BCUT2D eigenvalue weighted by atomic mass is 9.89. The van der Waals surface area contributed by atoms with Crippen LogP contribution in [0.5, 0.6) is 5.75 Å². The Bertz CT molecular complexity index is 645. The third-order valence-electron chi connectivity index (χ3n) is 4.25. The summed E-state index contributed by atoms with van der Waals surface area (Å²) in [6, 6.07) is 8.62. The second-order valence-electron chi connectivity index (χ2n) is 6.42. The van der Waals surface area contributed by atoms with E-state index >= 15 is 0 Å². The highest BCUT2D eigenvalue weighted by atomic mass is 16.5. The van der Waals surface area contributed by atoms with Crippen LogP contribution in [0.25, 0.3) is 0 Å². The van der Waals surface area contributed by atoms with Gasteiger partial charge in [0.1, 0.15) is 11.4 Å². The highest BCUT2D eigenvalue weighted by molar-refractivity contribution is 5.38. The maximum absolute atomic E-state index is 6.07. The molecule has 21 heavy (non-hydrogen) atoms. The lowest BCUT2D eigenvalue weighted by molar-refractivity contribution is 0.0657. The van der Waals surface area contributed by atoms with Crippen LogP contribution in [0.15, 0.2) is 30.5 Å². The third kappa shape index (κ3) is 2.81. The Labute approximate surface area is 126 Å². The van der Waals surface area contributed by atoms with Gasteiger partial charge in [-0.2, -0.15) is 5.10 Å². The Balaban J connectivity index is 1.80. The van der Waals surface area contributed by atoms with Gasteiger partial charge in [0.2, 0.25) is 0 Å². The van der Waals surface area contributed by atoms with E-state index in [-0.39, 0.29) is 5.60 Å². The zero-order valence-corrected chi connectivity index (χ0v) is 13.2. The fraction of sp³-hybridized carbons (Fsp3) is 0.471. The number of nitrogens with one attached hydrogen (secondary N) is 1. The van der Waals surface area contributed by atoms with Crippen molar-refractivity contribution in [1.82, 2.24) is 15.1 Å². The molecule has 0 spiro atoms. The molecule has 0 amide bonds. The van der Waals surface area contributed by atoms with E-state index in [1.165, 1.54) is 16.8 Å². The van der Waals surface area contributed by atoms with Crippen molar-refractivity contribution >= 4 is 0 Å². The number of hydrogen-bond donors (Lipinski definition) is 1. The van der Waals surface area contributed by atoms with Crippen LogP contribution in [0.3, 0.4) is 0 Å². The van der Waals surface area contributed by atoms with Gasteiger partial charge in [-0.1, -0.05) is 18.2 Å². The summed E-state index contributed by atoms with van der Waals surface area (Å²) < 4.78 is 7.99. The molecule has 1 atom stereocenters. The van der Waals surface area contributed by atoms with Crippen LogP contribution in [0.1, 0.15) is 43.1 Å². The van der Waals surface area contributed by atoms with Crippen molar-refractivity contribution in [3.63, 3.8) is 0 Å². The number of ether oxygens (including phenoxy) is 1. The number of fused-ring (bicyclic) bond motifs is 1. The molecule has 2 heterocycles.